The highest BCUT2D eigenvalue weighted by atomic mass is 31.2. The minimum absolute atomic E-state index is 0.567. The van der Waals surface area contributed by atoms with E-state index in [0.717, 1.165) is 0 Å². The van der Waals surface area contributed by atoms with Crippen LogP contribution in [0, 0.1) is 0 Å². The second-order valence-corrected chi connectivity index (χ2v) is 11.4. The molecule has 0 aliphatic rings. The molecule has 0 atom stereocenters. The molecule has 0 bridgehead atoms. The van der Waals surface area contributed by atoms with Crippen LogP contribution in [-0.4, -0.2) is 76.3 Å². The third-order valence-electron chi connectivity index (χ3n) is 4.61. The van der Waals surface area contributed by atoms with E-state index in [1.807, 2.05) is 0 Å². The molecule has 0 N–H and O–H groups in total. The number of hydrogen-bond acceptors (Lipinski definition) is 6. The van der Waals surface area contributed by atoms with Gasteiger partial charge in [0.1, 0.15) is 0 Å². The summed E-state index contributed by atoms with van der Waals surface area (Å²) < 4.78 is 206. The second kappa shape index (κ2) is 10.4. The largest absolute Gasteiger partial charge is 0.384 e. The van der Waals surface area contributed by atoms with Crippen LogP contribution in [0.25, 0.3) is 0 Å². The summed E-state index contributed by atoms with van der Waals surface area (Å²) in [6, 6.07) is 0. The minimum atomic E-state index is -7.78. The summed E-state index contributed by atoms with van der Waals surface area (Å²) in [6.07, 6.45) is -8.75. The van der Waals surface area contributed by atoms with Crippen molar-refractivity contribution >= 4 is 15.2 Å². The summed E-state index contributed by atoms with van der Waals surface area (Å²) >= 11 is 0. The van der Waals surface area contributed by atoms with Gasteiger partial charge in [0, 0.05) is 41.3 Å². The van der Waals surface area contributed by atoms with Crippen LogP contribution in [0.3, 0.4) is 0 Å². The summed E-state index contributed by atoms with van der Waals surface area (Å²) in [5.74, 6) is -42.9. The van der Waals surface area contributed by atoms with Crippen LogP contribution in [0.1, 0.15) is 12.8 Å². The Kier molecular flexibility index (Phi) is 10.3. The molecule has 0 aliphatic carbocycles. The Bertz CT molecular complexity index is 711. The first-order valence-electron chi connectivity index (χ1n) is 8.59. The molecule has 0 spiro atoms. The molecule has 0 fully saturated rings. The third-order valence-corrected chi connectivity index (χ3v) is 8.38. The van der Waals surface area contributed by atoms with Gasteiger partial charge in [-0.15, -0.1) is 0 Å². The fraction of sp³-hybridized carbons (Fsp3) is 1.00. The van der Waals surface area contributed by atoms with Crippen molar-refractivity contribution in [2.75, 3.05) is 40.8 Å². The molecule has 20 heteroatoms. The van der Waals surface area contributed by atoms with Gasteiger partial charge in [0.25, 0.3) is 0 Å². The quantitative estimate of drug-likeness (QED) is 0.163. The predicted octanol–water partition coefficient (Wildman–Crippen LogP) is 6.55. The molecule has 0 heterocycles. The molecular formula is C14H20F12O6P2. The first kappa shape index (κ1) is 33.5. The Balaban J connectivity index is 6.21. The van der Waals surface area contributed by atoms with Crippen LogP contribution >= 0.6 is 15.2 Å². The molecule has 0 saturated carbocycles. The second-order valence-electron chi connectivity index (χ2n) is 6.61. The number of alkyl halides is 12. The lowest BCUT2D eigenvalue weighted by Gasteiger charge is -2.41. The van der Waals surface area contributed by atoms with E-state index in [0.29, 0.717) is 28.4 Å². The minimum Gasteiger partial charge on any atom is -0.312 e. The van der Waals surface area contributed by atoms with Crippen LogP contribution in [-0.2, 0) is 27.2 Å². The zero-order chi connectivity index (χ0) is 27.7. The van der Waals surface area contributed by atoms with Gasteiger partial charge < -0.3 is 18.1 Å². The SMILES string of the molecule is COP(=O)(CCC(F)(F)C(F)(F)C(F)(F)C(F)(F)C(F)(F)C(F)(F)CCP(=O)(OC)OC)OC. The summed E-state index contributed by atoms with van der Waals surface area (Å²) in [5, 5.41) is 0. The number of hydrogen-bond donors (Lipinski definition) is 0. The van der Waals surface area contributed by atoms with Crippen molar-refractivity contribution in [3.8, 4) is 0 Å². The first-order valence-corrected chi connectivity index (χ1v) is 12.0. The normalized spacial score (nSPS) is 15.6. The molecule has 0 unspecified atom stereocenters. The monoisotopic (exact) mass is 574 g/mol. The Labute approximate surface area is 185 Å². The van der Waals surface area contributed by atoms with Gasteiger partial charge in [-0.1, -0.05) is 0 Å². The van der Waals surface area contributed by atoms with E-state index in [1.165, 1.54) is 0 Å². The maximum absolute atomic E-state index is 13.9. The standard InChI is InChI=1S/C14H20F12O6P2/c1-29-33(27,30-2)7-5-9(15,16)11(19,20)13(23,24)14(25,26)12(21,22)10(17,18)6-8-34(28,31-3)32-4/h5-8H2,1-4H3. The number of halogens is 12. The Morgan fingerprint density at radius 1 is 0.471 bits per heavy atom. The van der Waals surface area contributed by atoms with Crippen molar-refractivity contribution in [1.82, 2.24) is 0 Å². The van der Waals surface area contributed by atoms with Crippen molar-refractivity contribution in [3.63, 3.8) is 0 Å². The third kappa shape index (κ3) is 5.88. The topological polar surface area (TPSA) is 71.1 Å². The van der Waals surface area contributed by atoms with E-state index in [9.17, 15) is 61.8 Å². The van der Waals surface area contributed by atoms with E-state index in [2.05, 4.69) is 18.1 Å². The molecule has 0 rings (SSSR count). The summed E-state index contributed by atoms with van der Waals surface area (Å²) in [6.45, 7) is 0. The van der Waals surface area contributed by atoms with Crippen molar-refractivity contribution in [3.05, 3.63) is 0 Å². The fourth-order valence-corrected chi connectivity index (χ4v) is 4.37. The highest BCUT2D eigenvalue weighted by Gasteiger charge is 2.89. The van der Waals surface area contributed by atoms with E-state index in [-0.39, 0.29) is 0 Å². The van der Waals surface area contributed by atoms with Crippen LogP contribution in [0.15, 0.2) is 0 Å². The van der Waals surface area contributed by atoms with Crippen molar-refractivity contribution in [2.24, 2.45) is 0 Å². The summed E-state index contributed by atoms with van der Waals surface area (Å²) in [7, 11) is -6.92. The molecule has 6 nitrogen and oxygen atoms in total. The zero-order valence-corrected chi connectivity index (χ0v) is 19.5. The van der Waals surface area contributed by atoms with Gasteiger partial charge in [-0.05, 0) is 0 Å². The van der Waals surface area contributed by atoms with Gasteiger partial charge in [0.05, 0.1) is 12.3 Å². The van der Waals surface area contributed by atoms with Crippen molar-refractivity contribution < 1.29 is 79.9 Å². The molecular weight excluding hydrogens is 554 g/mol. The average Bonchev–Trinajstić information content (AvgIpc) is 2.75. The average molecular weight is 574 g/mol. The van der Waals surface area contributed by atoms with Gasteiger partial charge in [0.2, 0.25) is 0 Å². The molecule has 0 aromatic heterocycles. The lowest BCUT2D eigenvalue weighted by Crippen LogP contribution is -2.70. The highest BCUT2D eigenvalue weighted by molar-refractivity contribution is 7.54. The van der Waals surface area contributed by atoms with E-state index in [4.69, 9.17) is 0 Å². The van der Waals surface area contributed by atoms with Gasteiger partial charge in [-0.25, -0.2) is 0 Å². The maximum atomic E-state index is 13.9. The fourth-order valence-electron chi connectivity index (χ4n) is 2.24. The van der Waals surface area contributed by atoms with E-state index < -0.39 is 75.9 Å². The lowest BCUT2D eigenvalue weighted by molar-refractivity contribution is -0.425. The first-order chi connectivity index (χ1) is 14.9. The van der Waals surface area contributed by atoms with Gasteiger partial charge in [-0.3, -0.25) is 9.13 Å². The Hall–Kier alpha value is -0.540. The van der Waals surface area contributed by atoms with Crippen molar-refractivity contribution in [1.29, 1.82) is 0 Å². The molecule has 0 saturated heterocycles. The molecule has 0 aliphatic heterocycles. The molecule has 34 heavy (non-hydrogen) atoms. The smallest absolute Gasteiger partial charge is 0.312 e. The molecule has 0 aromatic rings. The summed E-state index contributed by atoms with van der Waals surface area (Å²) in [4.78, 5) is 0. The summed E-state index contributed by atoms with van der Waals surface area (Å²) in [5.41, 5.74) is 0. The van der Waals surface area contributed by atoms with Gasteiger partial charge in [0.15, 0.2) is 0 Å². The van der Waals surface area contributed by atoms with Crippen LogP contribution < -0.4 is 0 Å². The van der Waals surface area contributed by atoms with Crippen LogP contribution in [0.4, 0.5) is 52.7 Å². The Morgan fingerprint density at radius 3 is 0.853 bits per heavy atom. The van der Waals surface area contributed by atoms with Gasteiger partial charge >= 0.3 is 50.7 Å². The lowest BCUT2D eigenvalue weighted by atomic mass is 9.90. The molecule has 0 aromatic carbocycles. The van der Waals surface area contributed by atoms with Crippen LogP contribution in [0.2, 0.25) is 0 Å². The molecule has 0 radical (unpaired) electrons. The van der Waals surface area contributed by atoms with Gasteiger partial charge in [-0.2, -0.15) is 52.7 Å². The van der Waals surface area contributed by atoms with Crippen LogP contribution in [0.5, 0.6) is 0 Å². The number of rotatable bonds is 15. The zero-order valence-electron chi connectivity index (χ0n) is 17.7. The molecule has 206 valence electrons. The predicted molar refractivity (Wildman–Crippen MR) is 91.9 cm³/mol. The van der Waals surface area contributed by atoms with Crippen molar-refractivity contribution in [2.45, 2.75) is 48.4 Å². The Morgan fingerprint density at radius 2 is 0.676 bits per heavy atom. The highest BCUT2D eigenvalue weighted by Crippen LogP contribution is 2.62. The van der Waals surface area contributed by atoms with E-state index in [1.54, 1.807) is 0 Å². The molecule has 0 amide bonds. The maximum Gasteiger partial charge on any atom is 0.384 e. The van der Waals surface area contributed by atoms with E-state index >= 15 is 0 Å².